The van der Waals surface area contributed by atoms with Crippen molar-refractivity contribution in [1.82, 2.24) is 0 Å². The first-order valence-electron chi connectivity index (χ1n) is 7.73. The van der Waals surface area contributed by atoms with Gasteiger partial charge in [0.15, 0.2) is 11.9 Å². The summed E-state index contributed by atoms with van der Waals surface area (Å²) in [6.45, 7) is 6.89. The maximum atomic E-state index is 9.04. The van der Waals surface area contributed by atoms with Crippen molar-refractivity contribution in [2.24, 2.45) is 15.8 Å². The van der Waals surface area contributed by atoms with E-state index in [-0.39, 0.29) is 12.6 Å². The standard InChI is InChI=1S/C17H26N3O/c1-17(2,3)11-5-4-6-14-7-9-16(10-8-14)20-12-15(13-21)18-19-20/h7-10,12,15,21H,4-6,11,13H2,1-3H3/q+1. The van der Waals surface area contributed by atoms with Crippen LogP contribution in [-0.4, -0.2) is 28.7 Å². The van der Waals surface area contributed by atoms with Crippen LogP contribution < -0.4 is 0 Å². The van der Waals surface area contributed by atoms with Gasteiger partial charge in [-0.15, -0.1) is 4.68 Å². The summed E-state index contributed by atoms with van der Waals surface area (Å²) in [5, 5.41) is 17.0. The number of unbranched alkanes of at least 4 members (excludes halogenated alkanes) is 1. The molecule has 1 aromatic carbocycles. The van der Waals surface area contributed by atoms with E-state index in [2.05, 4.69) is 55.4 Å². The number of aryl methyl sites for hydroxylation is 1. The first-order valence-corrected chi connectivity index (χ1v) is 7.73. The highest BCUT2D eigenvalue weighted by Gasteiger charge is 2.21. The van der Waals surface area contributed by atoms with E-state index in [1.807, 2.05) is 6.21 Å². The highest BCUT2D eigenvalue weighted by atomic mass is 16.3. The van der Waals surface area contributed by atoms with Crippen molar-refractivity contribution >= 4 is 11.9 Å². The number of aliphatic hydroxyl groups excluding tert-OH is 1. The van der Waals surface area contributed by atoms with Gasteiger partial charge in [0.05, 0.1) is 6.61 Å². The number of rotatable bonds is 6. The molecule has 1 unspecified atom stereocenters. The topological polar surface area (TPSA) is 48.0 Å². The highest BCUT2D eigenvalue weighted by Crippen LogP contribution is 2.23. The molecule has 114 valence electrons. The quantitative estimate of drug-likeness (QED) is 0.626. The first kappa shape index (κ1) is 15.8. The van der Waals surface area contributed by atoms with Crippen LogP contribution in [0.3, 0.4) is 0 Å². The summed E-state index contributed by atoms with van der Waals surface area (Å²) in [5.41, 5.74) is 2.79. The summed E-state index contributed by atoms with van der Waals surface area (Å²) >= 11 is 0. The fraction of sp³-hybridized carbons (Fsp3) is 0.588. The largest absolute Gasteiger partial charge is 0.391 e. The summed E-state index contributed by atoms with van der Waals surface area (Å²) in [7, 11) is 0. The molecule has 4 heteroatoms. The normalized spacial score (nSPS) is 18.1. The molecule has 1 N–H and O–H groups in total. The van der Waals surface area contributed by atoms with Crippen molar-refractivity contribution < 1.29 is 9.79 Å². The fourth-order valence-corrected chi connectivity index (χ4v) is 2.37. The summed E-state index contributed by atoms with van der Waals surface area (Å²) in [6, 6.07) is 8.23. The minimum Gasteiger partial charge on any atom is -0.391 e. The SMILES string of the molecule is CC(C)(C)CCCCc1ccc([N+]2=CC(CO)N=N2)cc1. The Morgan fingerprint density at radius 1 is 1.14 bits per heavy atom. The van der Waals surface area contributed by atoms with Crippen LogP contribution in [0.15, 0.2) is 34.6 Å². The second-order valence-electron chi connectivity index (χ2n) is 6.88. The van der Waals surface area contributed by atoms with Gasteiger partial charge >= 0.3 is 0 Å². The zero-order valence-electron chi connectivity index (χ0n) is 13.3. The molecule has 21 heavy (non-hydrogen) atoms. The van der Waals surface area contributed by atoms with E-state index in [0.29, 0.717) is 5.41 Å². The van der Waals surface area contributed by atoms with Crippen LogP contribution in [0.2, 0.25) is 0 Å². The average molecular weight is 288 g/mol. The van der Waals surface area contributed by atoms with Gasteiger partial charge in [0.25, 0.3) is 0 Å². The molecule has 0 bridgehead atoms. The van der Waals surface area contributed by atoms with Gasteiger partial charge in [0.2, 0.25) is 6.04 Å². The minimum absolute atomic E-state index is 0.00581. The van der Waals surface area contributed by atoms with Crippen LogP contribution in [0.4, 0.5) is 5.69 Å². The third-order valence-electron chi connectivity index (χ3n) is 3.64. The average Bonchev–Trinajstić information content (AvgIpc) is 2.92. The molecule has 0 saturated carbocycles. The van der Waals surface area contributed by atoms with Crippen LogP contribution in [0.25, 0.3) is 0 Å². The van der Waals surface area contributed by atoms with E-state index in [4.69, 9.17) is 5.11 Å². The van der Waals surface area contributed by atoms with Gasteiger partial charge in [-0.2, -0.15) is 0 Å². The number of hydrogen-bond donors (Lipinski definition) is 1. The monoisotopic (exact) mass is 288 g/mol. The lowest BCUT2D eigenvalue weighted by molar-refractivity contribution is -0.444. The van der Waals surface area contributed by atoms with E-state index in [9.17, 15) is 0 Å². The summed E-state index contributed by atoms with van der Waals surface area (Å²) < 4.78 is 1.73. The number of aliphatic hydroxyl groups is 1. The van der Waals surface area contributed by atoms with E-state index in [1.54, 1.807) is 4.68 Å². The molecule has 1 aliphatic heterocycles. The van der Waals surface area contributed by atoms with Crippen LogP contribution in [-0.2, 0) is 6.42 Å². The van der Waals surface area contributed by atoms with Crippen LogP contribution in [0.1, 0.15) is 45.6 Å². The first-order chi connectivity index (χ1) is 9.98. The highest BCUT2D eigenvalue weighted by molar-refractivity contribution is 5.62. The van der Waals surface area contributed by atoms with Crippen LogP contribution in [0.5, 0.6) is 0 Å². The Bertz CT molecular complexity index is 512. The third kappa shape index (κ3) is 5.05. The molecule has 0 fully saturated rings. The molecule has 1 heterocycles. The Hall–Kier alpha value is -1.55. The number of hydrogen-bond acceptors (Lipinski definition) is 3. The minimum atomic E-state index is -0.206. The van der Waals surface area contributed by atoms with E-state index in [0.717, 1.165) is 12.1 Å². The van der Waals surface area contributed by atoms with Gasteiger partial charge in [0, 0.05) is 5.11 Å². The molecule has 0 aromatic heterocycles. The summed E-state index contributed by atoms with van der Waals surface area (Å²) in [6.07, 6.45) is 6.74. The maximum absolute atomic E-state index is 9.04. The van der Waals surface area contributed by atoms with Gasteiger partial charge < -0.3 is 5.11 Å². The van der Waals surface area contributed by atoms with Crippen molar-refractivity contribution in [2.75, 3.05) is 6.61 Å². The van der Waals surface area contributed by atoms with Gasteiger partial charge in [-0.05, 0) is 42.4 Å². The van der Waals surface area contributed by atoms with Crippen molar-refractivity contribution in [3.63, 3.8) is 0 Å². The zero-order valence-corrected chi connectivity index (χ0v) is 13.3. The molecule has 0 aliphatic carbocycles. The van der Waals surface area contributed by atoms with E-state index >= 15 is 0 Å². The lowest BCUT2D eigenvalue weighted by atomic mass is 9.89. The van der Waals surface area contributed by atoms with Crippen LogP contribution >= 0.6 is 0 Å². The Labute approximate surface area is 127 Å². The summed E-state index contributed by atoms with van der Waals surface area (Å²) in [4.78, 5) is 0. The Morgan fingerprint density at radius 2 is 1.86 bits per heavy atom. The number of nitrogens with zero attached hydrogens (tertiary/aromatic N) is 3. The second kappa shape index (κ2) is 6.94. The molecular weight excluding hydrogens is 262 g/mol. The van der Waals surface area contributed by atoms with Crippen molar-refractivity contribution in [3.05, 3.63) is 29.8 Å². The van der Waals surface area contributed by atoms with Gasteiger partial charge in [-0.3, -0.25) is 0 Å². The van der Waals surface area contributed by atoms with Crippen LogP contribution in [0, 0.1) is 5.41 Å². The predicted octanol–water partition coefficient (Wildman–Crippen LogP) is 3.90. The van der Waals surface area contributed by atoms with Crippen molar-refractivity contribution in [1.29, 1.82) is 0 Å². The van der Waals surface area contributed by atoms with Gasteiger partial charge in [0.1, 0.15) is 5.22 Å². The second-order valence-corrected chi connectivity index (χ2v) is 6.88. The van der Waals surface area contributed by atoms with Gasteiger partial charge in [-0.1, -0.05) is 39.3 Å². The summed E-state index contributed by atoms with van der Waals surface area (Å²) in [5.74, 6) is 0. The molecule has 0 amide bonds. The van der Waals surface area contributed by atoms with E-state index < -0.39 is 0 Å². The van der Waals surface area contributed by atoms with Crippen molar-refractivity contribution in [3.8, 4) is 0 Å². The molecule has 1 atom stereocenters. The molecular formula is C17H26N3O+. The smallest absolute Gasteiger partial charge is 0.245 e. The Balaban J connectivity index is 1.84. The predicted molar refractivity (Wildman–Crippen MR) is 85.2 cm³/mol. The Kier molecular flexibility index (Phi) is 5.23. The van der Waals surface area contributed by atoms with E-state index in [1.165, 1.54) is 24.8 Å². The molecule has 0 radical (unpaired) electrons. The van der Waals surface area contributed by atoms with Crippen molar-refractivity contribution in [2.45, 2.75) is 52.5 Å². The molecule has 4 nitrogen and oxygen atoms in total. The maximum Gasteiger partial charge on any atom is 0.245 e. The molecule has 2 rings (SSSR count). The Morgan fingerprint density at radius 3 is 2.43 bits per heavy atom. The fourth-order valence-electron chi connectivity index (χ4n) is 2.37. The lowest BCUT2D eigenvalue weighted by Crippen LogP contribution is -2.10. The van der Waals surface area contributed by atoms with Gasteiger partial charge in [-0.25, -0.2) is 0 Å². The lowest BCUT2D eigenvalue weighted by Gasteiger charge is -2.17. The number of benzene rings is 1. The molecule has 1 aromatic rings. The molecule has 1 aliphatic rings. The molecule has 0 spiro atoms. The zero-order chi connectivity index (χ0) is 15.3. The molecule has 0 saturated heterocycles. The third-order valence-corrected chi connectivity index (χ3v) is 3.64.